The average Bonchev–Trinajstić information content (AvgIpc) is 3.12. The molecule has 1 N–H and O–H groups in total. The minimum atomic E-state index is -0.637. The van der Waals surface area contributed by atoms with Gasteiger partial charge in [0.2, 0.25) is 5.89 Å². The quantitative estimate of drug-likeness (QED) is 0.728. The molecule has 0 radical (unpaired) electrons. The summed E-state index contributed by atoms with van der Waals surface area (Å²) in [6, 6.07) is 5.55. The fraction of sp³-hybridized carbons (Fsp3) is 0.188. The van der Waals surface area contributed by atoms with Gasteiger partial charge in [-0.25, -0.2) is 4.39 Å². The molecule has 0 unspecified atom stereocenters. The summed E-state index contributed by atoms with van der Waals surface area (Å²) < 4.78 is 19.5. The molecule has 0 aliphatic heterocycles. The van der Waals surface area contributed by atoms with E-state index in [9.17, 15) is 9.18 Å². The summed E-state index contributed by atoms with van der Waals surface area (Å²) in [4.78, 5) is 13.0. The maximum absolute atomic E-state index is 13.8. The standard InChI is InChI=1S/C16H11ClFN3O2S/c17-9-3-4-11(18)10(7-9)14(22)19-12-5-6-24-13(12)16-21-20-15(23-16)8-1-2-8/h3-8H,1-2H2,(H,19,22). The summed E-state index contributed by atoms with van der Waals surface area (Å²) in [6.45, 7) is 0. The Labute approximate surface area is 145 Å². The molecule has 2 heterocycles. The maximum atomic E-state index is 13.8. The third kappa shape index (κ3) is 2.92. The first kappa shape index (κ1) is 15.3. The number of halogens is 2. The van der Waals surface area contributed by atoms with Crippen molar-refractivity contribution in [2.45, 2.75) is 18.8 Å². The van der Waals surface area contributed by atoms with Gasteiger partial charge in [-0.1, -0.05) is 11.6 Å². The molecule has 122 valence electrons. The number of anilines is 1. The van der Waals surface area contributed by atoms with Gasteiger partial charge in [-0.3, -0.25) is 4.79 Å². The largest absolute Gasteiger partial charge is 0.420 e. The van der Waals surface area contributed by atoms with Gasteiger partial charge < -0.3 is 9.73 Å². The van der Waals surface area contributed by atoms with E-state index in [1.165, 1.54) is 23.5 Å². The van der Waals surface area contributed by atoms with E-state index in [1.54, 1.807) is 11.4 Å². The highest BCUT2D eigenvalue weighted by molar-refractivity contribution is 7.14. The summed E-state index contributed by atoms with van der Waals surface area (Å²) in [5.41, 5.74) is 0.374. The van der Waals surface area contributed by atoms with Crippen molar-refractivity contribution in [1.29, 1.82) is 0 Å². The topological polar surface area (TPSA) is 68.0 Å². The summed E-state index contributed by atoms with van der Waals surface area (Å²) >= 11 is 7.19. The second-order valence-electron chi connectivity index (χ2n) is 5.46. The van der Waals surface area contributed by atoms with E-state index in [-0.39, 0.29) is 10.6 Å². The van der Waals surface area contributed by atoms with Gasteiger partial charge in [0.05, 0.1) is 11.3 Å². The SMILES string of the molecule is O=C(Nc1ccsc1-c1nnc(C2CC2)o1)c1cc(Cl)ccc1F. The monoisotopic (exact) mass is 363 g/mol. The highest BCUT2D eigenvalue weighted by atomic mass is 35.5. The van der Waals surface area contributed by atoms with Gasteiger partial charge in [-0.05, 0) is 42.5 Å². The maximum Gasteiger partial charge on any atom is 0.259 e. The van der Waals surface area contributed by atoms with Crippen molar-refractivity contribution in [3.63, 3.8) is 0 Å². The van der Waals surface area contributed by atoms with E-state index in [0.717, 1.165) is 18.9 Å². The zero-order valence-corrected chi connectivity index (χ0v) is 13.8. The Morgan fingerprint density at radius 3 is 2.96 bits per heavy atom. The Morgan fingerprint density at radius 2 is 2.17 bits per heavy atom. The number of amides is 1. The van der Waals surface area contributed by atoms with Gasteiger partial charge in [0.15, 0.2) is 0 Å². The molecule has 4 rings (SSSR count). The number of rotatable bonds is 4. The number of hydrogen-bond donors (Lipinski definition) is 1. The van der Waals surface area contributed by atoms with E-state index in [4.69, 9.17) is 16.0 Å². The average molecular weight is 364 g/mol. The number of carbonyl (C=O) groups is 1. The summed E-state index contributed by atoms with van der Waals surface area (Å²) in [6.07, 6.45) is 2.12. The van der Waals surface area contributed by atoms with Crippen molar-refractivity contribution < 1.29 is 13.6 Å². The van der Waals surface area contributed by atoms with Crippen LogP contribution >= 0.6 is 22.9 Å². The summed E-state index contributed by atoms with van der Waals surface area (Å²) in [5.74, 6) is 0.106. The van der Waals surface area contributed by atoms with Crippen molar-refractivity contribution >= 4 is 34.5 Å². The zero-order valence-electron chi connectivity index (χ0n) is 12.3. The van der Waals surface area contributed by atoms with Crippen molar-refractivity contribution in [1.82, 2.24) is 10.2 Å². The Morgan fingerprint density at radius 1 is 1.33 bits per heavy atom. The fourth-order valence-electron chi connectivity index (χ4n) is 2.26. The van der Waals surface area contributed by atoms with Gasteiger partial charge in [-0.2, -0.15) is 0 Å². The van der Waals surface area contributed by atoms with Crippen LogP contribution in [0.25, 0.3) is 10.8 Å². The molecule has 1 fully saturated rings. The van der Waals surface area contributed by atoms with Crippen LogP contribution in [-0.4, -0.2) is 16.1 Å². The molecular formula is C16H11ClFN3O2S. The van der Waals surface area contributed by atoms with Crippen LogP contribution in [0.4, 0.5) is 10.1 Å². The van der Waals surface area contributed by atoms with Crippen molar-refractivity contribution in [2.24, 2.45) is 0 Å². The van der Waals surface area contributed by atoms with Crippen LogP contribution in [0.5, 0.6) is 0 Å². The first-order valence-electron chi connectivity index (χ1n) is 7.29. The highest BCUT2D eigenvalue weighted by Gasteiger charge is 2.30. The lowest BCUT2D eigenvalue weighted by Gasteiger charge is -2.06. The van der Waals surface area contributed by atoms with Crippen LogP contribution in [-0.2, 0) is 0 Å². The molecule has 1 aromatic carbocycles. The van der Waals surface area contributed by atoms with Gasteiger partial charge in [0.1, 0.15) is 10.7 Å². The van der Waals surface area contributed by atoms with Crippen LogP contribution < -0.4 is 5.32 Å². The normalized spacial score (nSPS) is 13.9. The predicted molar refractivity (Wildman–Crippen MR) is 88.9 cm³/mol. The Bertz CT molecular complexity index is 920. The number of nitrogens with zero attached hydrogens (tertiary/aromatic N) is 2. The lowest BCUT2D eigenvalue weighted by Crippen LogP contribution is -2.13. The number of thiophene rings is 1. The molecule has 24 heavy (non-hydrogen) atoms. The second kappa shape index (κ2) is 5.99. The molecule has 8 heteroatoms. The lowest BCUT2D eigenvalue weighted by molar-refractivity contribution is 0.102. The van der Waals surface area contributed by atoms with Crippen molar-refractivity contribution in [2.75, 3.05) is 5.32 Å². The first-order valence-corrected chi connectivity index (χ1v) is 8.55. The zero-order chi connectivity index (χ0) is 16.7. The number of aromatic nitrogens is 2. The van der Waals surface area contributed by atoms with Crippen LogP contribution in [0, 0.1) is 5.82 Å². The Balaban J connectivity index is 1.60. The summed E-state index contributed by atoms with van der Waals surface area (Å²) in [5, 5.41) is 12.8. The Hall–Kier alpha value is -2.25. The molecule has 5 nitrogen and oxygen atoms in total. The molecule has 3 aromatic rings. The highest BCUT2D eigenvalue weighted by Crippen LogP contribution is 2.41. The molecule has 0 atom stereocenters. The van der Waals surface area contributed by atoms with Gasteiger partial charge in [0.25, 0.3) is 11.8 Å². The first-order chi connectivity index (χ1) is 11.6. The molecule has 0 saturated heterocycles. The number of nitrogens with one attached hydrogen (secondary N) is 1. The Kier molecular flexibility index (Phi) is 3.82. The molecule has 1 amide bonds. The fourth-order valence-corrected chi connectivity index (χ4v) is 3.20. The third-order valence-electron chi connectivity index (χ3n) is 3.65. The van der Waals surface area contributed by atoms with E-state index in [2.05, 4.69) is 15.5 Å². The summed E-state index contributed by atoms with van der Waals surface area (Å²) in [7, 11) is 0. The van der Waals surface area contributed by atoms with Crippen LogP contribution in [0.15, 0.2) is 34.1 Å². The van der Waals surface area contributed by atoms with Crippen molar-refractivity contribution in [3.8, 4) is 10.8 Å². The molecule has 0 bridgehead atoms. The molecule has 1 aliphatic rings. The van der Waals surface area contributed by atoms with E-state index in [0.29, 0.717) is 28.3 Å². The minimum absolute atomic E-state index is 0.121. The third-order valence-corrected chi connectivity index (χ3v) is 4.79. The molecular weight excluding hydrogens is 353 g/mol. The number of carbonyl (C=O) groups excluding carboxylic acids is 1. The van der Waals surface area contributed by atoms with Crippen molar-refractivity contribution in [3.05, 3.63) is 51.9 Å². The molecule has 0 spiro atoms. The van der Waals surface area contributed by atoms with Gasteiger partial charge in [-0.15, -0.1) is 21.5 Å². The molecule has 1 aliphatic carbocycles. The van der Waals surface area contributed by atoms with E-state index < -0.39 is 11.7 Å². The number of hydrogen-bond acceptors (Lipinski definition) is 5. The van der Waals surface area contributed by atoms with E-state index >= 15 is 0 Å². The second-order valence-corrected chi connectivity index (χ2v) is 6.81. The van der Waals surface area contributed by atoms with Crippen LogP contribution in [0.1, 0.15) is 35.0 Å². The minimum Gasteiger partial charge on any atom is -0.420 e. The smallest absolute Gasteiger partial charge is 0.259 e. The van der Waals surface area contributed by atoms with E-state index in [1.807, 2.05) is 0 Å². The number of benzene rings is 1. The lowest BCUT2D eigenvalue weighted by atomic mass is 10.2. The predicted octanol–water partition coefficient (Wildman–Crippen LogP) is 4.72. The molecule has 1 saturated carbocycles. The molecule has 2 aromatic heterocycles. The van der Waals surface area contributed by atoms with Gasteiger partial charge in [0, 0.05) is 10.9 Å². The van der Waals surface area contributed by atoms with Crippen LogP contribution in [0.3, 0.4) is 0 Å². The van der Waals surface area contributed by atoms with Gasteiger partial charge >= 0.3 is 0 Å². The van der Waals surface area contributed by atoms with Crippen LogP contribution in [0.2, 0.25) is 5.02 Å².